The molecule has 0 aromatic heterocycles. The summed E-state index contributed by atoms with van der Waals surface area (Å²) in [6.45, 7) is 14.0. The van der Waals surface area contributed by atoms with Crippen LogP contribution < -0.4 is 5.84 Å². The first-order valence-corrected chi connectivity index (χ1v) is 11.8. The molecule has 2 saturated heterocycles. The summed E-state index contributed by atoms with van der Waals surface area (Å²) < 4.78 is 17.2. The summed E-state index contributed by atoms with van der Waals surface area (Å²) in [6, 6.07) is -0.850. The van der Waals surface area contributed by atoms with Gasteiger partial charge in [-0.1, -0.05) is 34.6 Å². The van der Waals surface area contributed by atoms with Crippen molar-refractivity contribution in [3.05, 3.63) is 0 Å². The van der Waals surface area contributed by atoms with Crippen LogP contribution in [-0.2, 0) is 28.6 Å². The highest BCUT2D eigenvalue weighted by molar-refractivity contribution is 6.00. The summed E-state index contributed by atoms with van der Waals surface area (Å²) in [5, 5.41) is 0.923. The zero-order valence-corrected chi connectivity index (χ0v) is 21.3. The molecule has 33 heavy (non-hydrogen) atoms. The van der Waals surface area contributed by atoms with Gasteiger partial charge in [-0.15, -0.1) is 0 Å². The Bertz CT molecular complexity index is 802. The van der Waals surface area contributed by atoms with Crippen molar-refractivity contribution in [2.75, 3.05) is 7.11 Å². The monoisotopic (exact) mass is 468 g/mol. The fraction of sp³-hybridized carbons (Fsp3) is 0.833. The minimum Gasteiger partial charge on any atom is -0.458 e. The van der Waals surface area contributed by atoms with E-state index in [-0.39, 0.29) is 17.5 Å². The molecule has 9 nitrogen and oxygen atoms in total. The topological polar surface area (TPSA) is 125 Å². The summed E-state index contributed by atoms with van der Waals surface area (Å²) in [5.74, 6) is 2.08. The quantitative estimate of drug-likeness (QED) is 0.284. The summed E-state index contributed by atoms with van der Waals surface area (Å²) in [7, 11) is 1.56. The standard InChI is InChI=1S/C24H40N2O7/c1-10-17-24(8)20(26(25)22(30)33-24)14(4)18(27)12(2)11-23(7,31-9)16(6)13(3)19(28)15(5)21(29)32-17/h12-17,20H,10-11,25H2,1-9H3/t12-,13-,14+,15-,16-,17-,20-,23-,24-/m1/s1. The molecule has 0 unspecified atom stereocenters. The molecule has 2 fully saturated rings. The molecule has 188 valence electrons. The number of cyclic esters (lactones) is 1. The Labute approximate surface area is 196 Å². The lowest BCUT2D eigenvalue weighted by atomic mass is 9.70. The van der Waals surface area contributed by atoms with Crippen molar-refractivity contribution in [1.29, 1.82) is 0 Å². The normalized spacial score (nSPS) is 43.6. The second-order valence-electron chi connectivity index (χ2n) is 10.3. The highest BCUT2D eigenvalue weighted by atomic mass is 16.6. The van der Waals surface area contributed by atoms with E-state index in [0.717, 1.165) is 5.01 Å². The molecule has 9 atom stereocenters. The Morgan fingerprint density at radius 2 is 1.61 bits per heavy atom. The number of hydrogen-bond donors (Lipinski definition) is 1. The molecule has 0 aliphatic carbocycles. The van der Waals surface area contributed by atoms with E-state index in [1.807, 2.05) is 20.8 Å². The zero-order chi connectivity index (χ0) is 25.5. The van der Waals surface area contributed by atoms with Crippen LogP contribution in [0.4, 0.5) is 4.79 Å². The van der Waals surface area contributed by atoms with Crippen LogP contribution in [0.25, 0.3) is 0 Å². The highest BCUT2D eigenvalue weighted by Gasteiger charge is 2.59. The van der Waals surface area contributed by atoms with Gasteiger partial charge in [-0.25, -0.2) is 15.6 Å². The Morgan fingerprint density at radius 1 is 1.03 bits per heavy atom. The minimum atomic E-state index is -1.36. The average molecular weight is 469 g/mol. The highest BCUT2D eigenvalue weighted by Crippen LogP contribution is 2.41. The van der Waals surface area contributed by atoms with Crippen LogP contribution in [0.3, 0.4) is 0 Å². The first kappa shape index (κ1) is 27.2. The predicted octanol–water partition coefficient (Wildman–Crippen LogP) is 2.89. The first-order chi connectivity index (χ1) is 15.2. The summed E-state index contributed by atoms with van der Waals surface area (Å²) in [5.41, 5.74) is -2.15. The van der Waals surface area contributed by atoms with Gasteiger partial charge in [0.1, 0.15) is 29.6 Å². The number of methoxy groups -OCH3 is 1. The minimum absolute atomic E-state index is 0.110. The average Bonchev–Trinajstić information content (AvgIpc) is 3.01. The molecule has 9 heteroatoms. The van der Waals surface area contributed by atoms with Crippen LogP contribution in [0.15, 0.2) is 0 Å². The van der Waals surface area contributed by atoms with E-state index < -0.39 is 59.1 Å². The van der Waals surface area contributed by atoms with Gasteiger partial charge in [0.25, 0.3) is 0 Å². The van der Waals surface area contributed by atoms with Gasteiger partial charge in [0.05, 0.1) is 5.60 Å². The van der Waals surface area contributed by atoms with Gasteiger partial charge >= 0.3 is 12.1 Å². The van der Waals surface area contributed by atoms with E-state index in [1.54, 1.807) is 34.8 Å². The van der Waals surface area contributed by atoms with Crippen molar-refractivity contribution in [2.45, 2.75) is 91.6 Å². The number of nitrogens with zero attached hydrogens (tertiary/aromatic N) is 1. The molecule has 2 rings (SSSR count). The van der Waals surface area contributed by atoms with E-state index in [4.69, 9.17) is 20.1 Å². The van der Waals surface area contributed by atoms with Gasteiger partial charge in [0.2, 0.25) is 0 Å². The number of amides is 1. The Hall–Kier alpha value is -2.00. The molecule has 0 spiro atoms. The maximum atomic E-state index is 13.5. The lowest BCUT2D eigenvalue weighted by Gasteiger charge is -2.42. The van der Waals surface area contributed by atoms with Crippen LogP contribution >= 0.6 is 0 Å². The van der Waals surface area contributed by atoms with E-state index in [1.165, 1.54) is 6.92 Å². The number of ketones is 2. The van der Waals surface area contributed by atoms with Gasteiger partial charge in [0, 0.05) is 24.9 Å². The van der Waals surface area contributed by atoms with Gasteiger partial charge in [0.15, 0.2) is 5.60 Å². The number of Topliss-reactive ketones (excluding diaryl/α,β-unsaturated/α-hetero) is 2. The molecule has 0 radical (unpaired) electrons. The van der Waals surface area contributed by atoms with Crippen LogP contribution in [0.2, 0.25) is 0 Å². The number of hydrazine groups is 1. The molecule has 1 amide bonds. The van der Waals surface area contributed by atoms with Gasteiger partial charge in [-0.3, -0.25) is 14.4 Å². The fourth-order valence-corrected chi connectivity index (χ4v) is 5.59. The molecular formula is C24H40N2O7. The van der Waals surface area contributed by atoms with Crippen LogP contribution in [-0.4, -0.2) is 59.1 Å². The van der Waals surface area contributed by atoms with Crippen molar-refractivity contribution >= 4 is 23.6 Å². The number of ether oxygens (including phenoxy) is 3. The molecule has 2 aliphatic heterocycles. The number of fused-ring (bicyclic) bond motifs is 1. The maximum absolute atomic E-state index is 13.5. The number of carbonyl (C=O) groups excluding carboxylic acids is 4. The Kier molecular flexibility index (Phi) is 8.01. The number of esters is 1. The fourth-order valence-electron chi connectivity index (χ4n) is 5.59. The summed E-state index contributed by atoms with van der Waals surface area (Å²) in [6.07, 6.45) is -0.996. The van der Waals surface area contributed by atoms with Gasteiger partial charge in [-0.05, 0) is 39.5 Å². The van der Waals surface area contributed by atoms with E-state index >= 15 is 0 Å². The van der Waals surface area contributed by atoms with Crippen LogP contribution in [0.5, 0.6) is 0 Å². The molecule has 0 bridgehead atoms. The van der Waals surface area contributed by atoms with E-state index in [0.29, 0.717) is 12.8 Å². The van der Waals surface area contributed by atoms with Crippen molar-refractivity contribution in [3.8, 4) is 0 Å². The molecule has 2 N–H and O–H groups in total. The predicted molar refractivity (Wildman–Crippen MR) is 121 cm³/mol. The number of rotatable bonds is 2. The lowest BCUT2D eigenvalue weighted by Crippen LogP contribution is -2.59. The second-order valence-corrected chi connectivity index (χ2v) is 10.3. The molecule has 0 saturated carbocycles. The molecule has 2 aliphatic rings. The van der Waals surface area contributed by atoms with Crippen LogP contribution in [0.1, 0.15) is 68.2 Å². The lowest BCUT2D eigenvalue weighted by molar-refractivity contribution is -0.172. The maximum Gasteiger partial charge on any atom is 0.425 e. The zero-order valence-electron chi connectivity index (χ0n) is 21.3. The third-order valence-corrected chi connectivity index (χ3v) is 8.20. The smallest absolute Gasteiger partial charge is 0.425 e. The van der Waals surface area contributed by atoms with Gasteiger partial charge < -0.3 is 14.2 Å². The summed E-state index contributed by atoms with van der Waals surface area (Å²) >= 11 is 0. The van der Waals surface area contributed by atoms with Crippen molar-refractivity contribution in [1.82, 2.24) is 5.01 Å². The van der Waals surface area contributed by atoms with Crippen molar-refractivity contribution in [3.63, 3.8) is 0 Å². The molecule has 0 aromatic carbocycles. The Morgan fingerprint density at radius 3 is 2.12 bits per heavy atom. The van der Waals surface area contributed by atoms with Crippen molar-refractivity contribution in [2.24, 2.45) is 35.4 Å². The van der Waals surface area contributed by atoms with Crippen molar-refractivity contribution < 1.29 is 33.4 Å². The number of carbonyl (C=O) groups is 4. The third kappa shape index (κ3) is 4.67. The van der Waals surface area contributed by atoms with Crippen LogP contribution in [0, 0.1) is 29.6 Å². The molecular weight excluding hydrogens is 428 g/mol. The number of hydrogen-bond acceptors (Lipinski definition) is 8. The third-order valence-electron chi connectivity index (χ3n) is 8.20. The first-order valence-electron chi connectivity index (χ1n) is 11.8. The van der Waals surface area contributed by atoms with Gasteiger partial charge in [-0.2, -0.15) is 0 Å². The number of nitrogens with two attached hydrogens (primary N) is 1. The summed E-state index contributed by atoms with van der Waals surface area (Å²) in [4.78, 5) is 52.2. The largest absolute Gasteiger partial charge is 0.458 e. The SMILES string of the molecule is CC[C@H]1OC(=O)[C@H](C)C(=O)[C@H](C)[C@@H](C)[C@](C)(OC)C[C@@H](C)C(=O)[C@H](C)[C@H]2N(N)C(=O)O[C@]12C. The molecule has 2 heterocycles. The Balaban J connectivity index is 2.62. The van der Waals surface area contributed by atoms with E-state index in [9.17, 15) is 19.2 Å². The van der Waals surface area contributed by atoms with E-state index in [2.05, 4.69) is 0 Å². The molecule has 0 aromatic rings. The second kappa shape index (κ2) is 9.70.